The van der Waals surface area contributed by atoms with Crippen LogP contribution in [0.15, 0.2) is 48.0 Å². The molecule has 3 rings (SSSR count). The van der Waals surface area contributed by atoms with Gasteiger partial charge in [0.15, 0.2) is 0 Å². The Morgan fingerprint density at radius 3 is 2.68 bits per heavy atom. The van der Waals surface area contributed by atoms with Crippen molar-refractivity contribution in [1.82, 2.24) is 4.98 Å². The maximum absolute atomic E-state index is 12.4. The van der Waals surface area contributed by atoms with Gasteiger partial charge in [-0.25, -0.2) is 0 Å². The zero-order valence-electron chi connectivity index (χ0n) is 11.8. The van der Waals surface area contributed by atoms with Gasteiger partial charge in [-0.2, -0.15) is 0 Å². The fraction of sp³-hybridized carbons (Fsp3) is 0.0625. The molecule has 2 N–H and O–H groups in total. The molecule has 2 aromatic heterocycles. The fourth-order valence-electron chi connectivity index (χ4n) is 2.16. The second-order valence-electron chi connectivity index (χ2n) is 4.68. The van der Waals surface area contributed by atoms with E-state index >= 15 is 0 Å². The standard InChI is InChI=1S/C16H13N3O2S/c1-10(20)18-13-7-9-22-15(13)16(21)19-12-6-2-4-11-5-3-8-17-14(11)12/h2-9H,1H3,(H,18,20)(H,19,21). The number of amides is 2. The summed E-state index contributed by atoms with van der Waals surface area (Å²) in [6.07, 6.45) is 1.69. The zero-order valence-corrected chi connectivity index (χ0v) is 12.6. The summed E-state index contributed by atoms with van der Waals surface area (Å²) in [6.45, 7) is 1.41. The van der Waals surface area contributed by atoms with E-state index in [9.17, 15) is 9.59 Å². The predicted molar refractivity (Wildman–Crippen MR) is 88.3 cm³/mol. The van der Waals surface area contributed by atoms with Crippen molar-refractivity contribution < 1.29 is 9.59 Å². The highest BCUT2D eigenvalue weighted by Gasteiger charge is 2.15. The molecule has 1 aromatic carbocycles. The number of thiophene rings is 1. The molecule has 0 fully saturated rings. The van der Waals surface area contributed by atoms with Crippen LogP contribution in [-0.4, -0.2) is 16.8 Å². The average molecular weight is 311 g/mol. The molecule has 0 unspecified atom stereocenters. The minimum Gasteiger partial charge on any atom is -0.325 e. The molecule has 5 nitrogen and oxygen atoms in total. The molecule has 0 aliphatic carbocycles. The van der Waals surface area contributed by atoms with Gasteiger partial charge in [0.05, 0.1) is 16.9 Å². The van der Waals surface area contributed by atoms with Crippen LogP contribution < -0.4 is 10.6 Å². The summed E-state index contributed by atoms with van der Waals surface area (Å²) in [6, 6.07) is 11.1. The van der Waals surface area contributed by atoms with Gasteiger partial charge in [0.1, 0.15) is 4.88 Å². The number of para-hydroxylation sites is 1. The van der Waals surface area contributed by atoms with Crippen LogP contribution >= 0.6 is 11.3 Å². The molecule has 22 heavy (non-hydrogen) atoms. The highest BCUT2D eigenvalue weighted by molar-refractivity contribution is 7.12. The number of hydrogen-bond donors (Lipinski definition) is 2. The monoisotopic (exact) mass is 311 g/mol. The summed E-state index contributed by atoms with van der Waals surface area (Å²) in [5.74, 6) is -0.476. The summed E-state index contributed by atoms with van der Waals surface area (Å²) >= 11 is 1.28. The summed E-state index contributed by atoms with van der Waals surface area (Å²) in [5, 5.41) is 8.23. The van der Waals surface area contributed by atoms with E-state index in [0.29, 0.717) is 16.3 Å². The van der Waals surface area contributed by atoms with Gasteiger partial charge < -0.3 is 10.6 Å². The van der Waals surface area contributed by atoms with Gasteiger partial charge in [-0.05, 0) is 23.6 Å². The lowest BCUT2D eigenvalue weighted by Gasteiger charge is -2.08. The van der Waals surface area contributed by atoms with Gasteiger partial charge in [-0.1, -0.05) is 18.2 Å². The molecule has 0 radical (unpaired) electrons. The number of fused-ring (bicyclic) bond motifs is 1. The molecule has 0 saturated carbocycles. The molecule has 0 aliphatic rings. The van der Waals surface area contributed by atoms with Crippen molar-refractivity contribution in [2.24, 2.45) is 0 Å². The number of nitrogens with one attached hydrogen (secondary N) is 2. The number of carbonyl (C=O) groups is 2. The second-order valence-corrected chi connectivity index (χ2v) is 5.60. The SMILES string of the molecule is CC(=O)Nc1ccsc1C(=O)Nc1cccc2cccnc12. The molecular weight excluding hydrogens is 298 g/mol. The number of aromatic nitrogens is 1. The number of hydrogen-bond acceptors (Lipinski definition) is 4. The number of pyridine rings is 1. The van der Waals surface area contributed by atoms with Crippen LogP contribution in [0.25, 0.3) is 10.9 Å². The van der Waals surface area contributed by atoms with Gasteiger partial charge in [0.25, 0.3) is 5.91 Å². The van der Waals surface area contributed by atoms with Crippen LogP contribution in [-0.2, 0) is 4.79 Å². The Bertz CT molecular complexity index is 852. The molecule has 0 aliphatic heterocycles. The van der Waals surface area contributed by atoms with E-state index in [0.717, 1.165) is 10.9 Å². The predicted octanol–water partition coefficient (Wildman–Crippen LogP) is 3.51. The summed E-state index contributed by atoms with van der Waals surface area (Å²) in [4.78, 5) is 28.4. The Balaban J connectivity index is 1.91. The molecule has 0 atom stereocenters. The van der Waals surface area contributed by atoms with E-state index in [1.807, 2.05) is 24.3 Å². The average Bonchev–Trinajstić information content (AvgIpc) is 2.95. The van der Waals surface area contributed by atoms with Crippen LogP contribution in [0.1, 0.15) is 16.6 Å². The van der Waals surface area contributed by atoms with Gasteiger partial charge >= 0.3 is 0 Å². The zero-order chi connectivity index (χ0) is 15.5. The lowest BCUT2D eigenvalue weighted by molar-refractivity contribution is -0.114. The van der Waals surface area contributed by atoms with Crippen molar-refractivity contribution in [3.8, 4) is 0 Å². The van der Waals surface area contributed by atoms with Crippen molar-refractivity contribution in [1.29, 1.82) is 0 Å². The van der Waals surface area contributed by atoms with E-state index in [-0.39, 0.29) is 11.8 Å². The van der Waals surface area contributed by atoms with Crippen LogP contribution in [0.3, 0.4) is 0 Å². The normalized spacial score (nSPS) is 10.4. The molecule has 110 valence electrons. The highest BCUT2D eigenvalue weighted by atomic mass is 32.1. The first-order chi connectivity index (χ1) is 10.6. The van der Waals surface area contributed by atoms with Gasteiger partial charge in [0, 0.05) is 18.5 Å². The molecule has 2 amide bonds. The molecule has 3 aromatic rings. The van der Waals surface area contributed by atoms with Crippen molar-refractivity contribution in [3.63, 3.8) is 0 Å². The number of benzene rings is 1. The van der Waals surface area contributed by atoms with Crippen molar-refractivity contribution >= 4 is 45.4 Å². The fourth-order valence-corrected chi connectivity index (χ4v) is 2.90. The molecule has 0 saturated heterocycles. The number of carbonyl (C=O) groups excluding carboxylic acids is 2. The van der Waals surface area contributed by atoms with Gasteiger partial charge in [-0.3, -0.25) is 14.6 Å². The summed E-state index contributed by atoms with van der Waals surface area (Å²) in [7, 11) is 0. The van der Waals surface area contributed by atoms with Crippen LogP contribution in [0, 0.1) is 0 Å². The lowest BCUT2D eigenvalue weighted by atomic mass is 10.2. The second kappa shape index (κ2) is 5.95. The Labute approximate surface area is 131 Å². The molecule has 0 spiro atoms. The van der Waals surface area contributed by atoms with E-state index < -0.39 is 0 Å². The van der Waals surface area contributed by atoms with E-state index in [2.05, 4.69) is 15.6 Å². The Hall–Kier alpha value is -2.73. The molecule has 6 heteroatoms. The third-order valence-corrected chi connectivity index (χ3v) is 3.98. The third kappa shape index (κ3) is 2.82. The van der Waals surface area contributed by atoms with E-state index in [4.69, 9.17) is 0 Å². The van der Waals surface area contributed by atoms with Crippen molar-refractivity contribution in [3.05, 3.63) is 52.9 Å². The Morgan fingerprint density at radius 1 is 1.05 bits per heavy atom. The topological polar surface area (TPSA) is 71.1 Å². The smallest absolute Gasteiger partial charge is 0.267 e. The van der Waals surface area contributed by atoms with Crippen LogP contribution in [0.5, 0.6) is 0 Å². The third-order valence-electron chi connectivity index (χ3n) is 3.06. The first-order valence-corrected chi connectivity index (χ1v) is 7.53. The Morgan fingerprint density at radius 2 is 1.86 bits per heavy atom. The number of rotatable bonds is 3. The van der Waals surface area contributed by atoms with Crippen molar-refractivity contribution in [2.75, 3.05) is 10.6 Å². The van der Waals surface area contributed by atoms with Crippen LogP contribution in [0.4, 0.5) is 11.4 Å². The number of anilines is 2. The first-order valence-electron chi connectivity index (χ1n) is 6.65. The van der Waals surface area contributed by atoms with Gasteiger partial charge in [0.2, 0.25) is 5.91 Å². The number of nitrogens with zero attached hydrogens (tertiary/aromatic N) is 1. The summed E-state index contributed by atoms with van der Waals surface area (Å²) in [5.41, 5.74) is 1.89. The molecule has 0 bridgehead atoms. The van der Waals surface area contributed by atoms with E-state index in [1.54, 1.807) is 23.7 Å². The van der Waals surface area contributed by atoms with E-state index in [1.165, 1.54) is 18.3 Å². The van der Waals surface area contributed by atoms with Gasteiger partial charge in [-0.15, -0.1) is 11.3 Å². The molecular formula is C16H13N3O2S. The minimum absolute atomic E-state index is 0.209. The largest absolute Gasteiger partial charge is 0.325 e. The minimum atomic E-state index is -0.267. The summed E-state index contributed by atoms with van der Waals surface area (Å²) < 4.78 is 0. The quantitative estimate of drug-likeness (QED) is 0.777. The maximum Gasteiger partial charge on any atom is 0.267 e. The first kappa shape index (κ1) is 14.2. The lowest BCUT2D eigenvalue weighted by Crippen LogP contribution is -2.14. The van der Waals surface area contributed by atoms with Crippen molar-refractivity contribution in [2.45, 2.75) is 6.92 Å². The highest BCUT2D eigenvalue weighted by Crippen LogP contribution is 2.26. The maximum atomic E-state index is 12.4. The molecule has 2 heterocycles. The van der Waals surface area contributed by atoms with Crippen LogP contribution in [0.2, 0.25) is 0 Å². The Kier molecular flexibility index (Phi) is 3.84.